The Kier molecular flexibility index (Phi) is 2.58. The van der Waals surface area contributed by atoms with Gasteiger partial charge in [-0.25, -0.2) is 0 Å². The van der Waals surface area contributed by atoms with Crippen molar-refractivity contribution in [2.45, 2.75) is 0 Å². The zero-order valence-corrected chi connectivity index (χ0v) is 11.9. The molecule has 4 rings (SSSR count). The number of fused-ring (bicyclic) bond motifs is 3. The Morgan fingerprint density at radius 1 is 1.18 bits per heavy atom. The van der Waals surface area contributed by atoms with Crippen molar-refractivity contribution in [3.8, 4) is 17.3 Å². The second kappa shape index (κ2) is 4.48. The Hall–Kier alpha value is -3.04. The maximum absolute atomic E-state index is 12.6. The van der Waals surface area contributed by atoms with Crippen LogP contribution >= 0.6 is 11.3 Å². The lowest BCUT2D eigenvalue weighted by Gasteiger charge is -2.03. The van der Waals surface area contributed by atoms with Gasteiger partial charge in [0.2, 0.25) is 0 Å². The average molecular weight is 305 g/mol. The summed E-state index contributed by atoms with van der Waals surface area (Å²) in [6, 6.07) is 12.4. The zero-order valence-electron chi connectivity index (χ0n) is 11.1. The predicted octanol–water partition coefficient (Wildman–Crippen LogP) is 2.72. The van der Waals surface area contributed by atoms with Crippen LogP contribution in [0.25, 0.3) is 11.3 Å². The van der Waals surface area contributed by atoms with E-state index in [0.717, 1.165) is 0 Å². The van der Waals surface area contributed by atoms with Crippen LogP contribution in [0.15, 0.2) is 41.8 Å². The van der Waals surface area contributed by atoms with Crippen LogP contribution in [0.5, 0.6) is 0 Å². The highest BCUT2D eigenvalue weighted by Gasteiger charge is 2.36. The standard InChI is InChI=1S/C16H7N3O2S/c17-8-11-13-14(9-4-1-2-5-10(9)15(13)20)19(18-11)16(21)12-6-3-7-22-12/h1-7H. The second-order valence-corrected chi connectivity index (χ2v) is 5.70. The van der Waals surface area contributed by atoms with E-state index in [9.17, 15) is 14.9 Å². The molecule has 0 aliphatic heterocycles. The molecule has 5 nitrogen and oxygen atoms in total. The van der Waals surface area contributed by atoms with Crippen LogP contribution in [0.3, 0.4) is 0 Å². The van der Waals surface area contributed by atoms with Crippen LogP contribution < -0.4 is 0 Å². The molecule has 0 radical (unpaired) electrons. The van der Waals surface area contributed by atoms with E-state index in [1.165, 1.54) is 16.0 Å². The summed E-state index contributed by atoms with van der Waals surface area (Å²) in [5.41, 5.74) is 1.76. The Labute approximate surface area is 129 Å². The fourth-order valence-corrected chi connectivity index (χ4v) is 3.28. The first kappa shape index (κ1) is 12.7. The van der Waals surface area contributed by atoms with Crippen LogP contribution in [0.1, 0.15) is 31.3 Å². The van der Waals surface area contributed by atoms with Gasteiger partial charge < -0.3 is 0 Å². The third-order valence-electron chi connectivity index (χ3n) is 3.57. The monoisotopic (exact) mass is 305 g/mol. The molecule has 2 heterocycles. The van der Waals surface area contributed by atoms with Gasteiger partial charge in [-0.2, -0.15) is 15.0 Å². The number of ketones is 1. The summed E-state index contributed by atoms with van der Waals surface area (Å²) < 4.78 is 1.17. The molecule has 104 valence electrons. The minimum Gasteiger partial charge on any atom is -0.288 e. The van der Waals surface area contributed by atoms with Crippen LogP contribution in [-0.4, -0.2) is 21.5 Å². The Morgan fingerprint density at radius 2 is 1.95 bits per heavy atom. The van der Waals surface area contributed by atoms with Gasteiger partial charge in [-0.3, -0.25) is 9.59 Å². The van der Waals surface area contributed by atoms with Crippen LogP contribution in [-0.2, 0) is 0 Å². The number of carbonyl (C=O) groups is 2. The van der Waals surface area contributed by atoms with Gasteiger partial charge in [0.15, 0.2) is 11.5 Å². The Balaban J connectivity index is 2.02. The molecule has 0 N–H and O–H groups in total. The molecular formula is C16H7N3O2S. The first-order valence-corrected chi connectivity index (χ1v) is 7.35. The number of hydrogen-bond donors (Lipinski definition) is 0. The van der Waals surface area contributed by atoms with Gasteiger partial charge in [-0.15, -0.1) is 11.3 Å². The second-order valence-electron chi connectivity index (χ2n) is 4.75. The number of aromatic nitrogens is 2. The molecule has 0 fully saturated rings. The first-order valence-electron chi connectivity index (χ1n) is 6.48. The number of nitrogens with zero attached hydrogens (tertiary/aromatic N) is 3. The van der Waals surface area contributed by atoms with E-state index in [1.807, 2.05) is 6.07 Å². The van der Waals surface area contributed by atoms with Crippen molar-refractivity contribution in [2.75, 3.05) is 0 Å². The highest BCUT2D eigenvalue weighted by molar-refractivity contribution is 7.12. The molecule has 0 saturated carbocycles. The summed E-state index contributed by atoms with van der Waals surface area (Å²) in [4.78, 5) is 25.6. The molecule has 0 amide bonds. The van der Waals surface area contributed by atoms with Crippen LogP contribution in [0.4, 0.5) is 0 Å². The van der Waals surface area contributed by atoms with E-state index < -0.39 is 0 Å². The molecule has 0 saturated heterocycles. The summed E-state index contributed by atoms with van der Waals surface area (Å²) in [6.07, 6.45) is 0. The van der Waals surface area contributed by atoms with E-state index in [1.54, 1.807) is 41.8 Å². The number of rotatable bonds is 1. The molecule has 0 spiro atoms. The largest absolute Gasteiger partial charge is 0.288 e. The summed E-state index contributed by atoms with van der Waals surface area (Å²) in [7, 11) is 0. The lowest BCUT2D eigenvalue weighted by molar-refractivity contribution is 0.0951. The minimum absolute atomic E-state index is 0.0129. The number of benzene rings is 1. The molecule has 0 atom stereocenters. The molecule has 22 heavy (non-hydrogen) atoms. The van der Waals surface area contributed by atoms with Gasteiger partial charge in [-0.1, -0.05) is 30.3 Å². The molecule has 0 unspecified atom stereocenters. The zero-order chi connectivity index (χ0) is 15.3. The van der Waals surface area contributed by atoms with Crippen LogP contribution in [0, 0.1) is 11.3 Å². The third kappa shape index (κ3) is 1.54. The van der Waals surface area contributed by atoms with E-state index in [2.05, 4.69) is 5.10 Å². The van der Waals surface area contributed by atoms with E-state index in [-0.39, 0.29) is 22.9 Å². The van der Waals surface area contributed by atoms with Gasteiger partial charge in [0.25, 0.3) is 5.91 Å². The molecular weight excluding hydrogens is 298 g/mol. The van der Waals surface area contributed by atoms with Gasteiger partial charge in [0, 0.05) is 11.1 Å². The van der Waals surface area contributed by atoms with E-state index >= 15 is 0 Å². The van der Waals surface area contributed by atoms with Crippen molar-refractivity contribution in [3.63, 3.8) is 0 Å². The van der Waals surface area contributed by atoms with E-state index in [0.29, 0.717) is 21.7 Å². The van der Waals surface area contributed by atoms with Crippen molar-refractivity contribution in [3.05, 3.63) is 63.5 Å². The quantitative estimate of drug-likeness (QED) is 0.542. The molecule has 2 aromatic heterocycles. The van der Waals surface area contributed by atoms with Crippen molar-refractivity contribution in [1.82, 2.24) is 9.78 Å². The van der Waals surface area contributed by atoms with Gasteiger partial charge >= 0.3 is 0 Å². The SMILES string of the molecule is N#Cc1nn(C(=O)c2cccs2)c2c1C(=O)c1ccccc1-2. The van der Waals surface area contributed by atoms with Crippen molar-refractivity contribution >= 4 is 23.0 Å². The summed E-state index contributed by atoms with van der Waals surface area (Å²) in [6.45, 7) is 0. The number of carbonyl (C=O) groups excluding carboxylic acids is 2. The summed E-state index contributed by atoms with van der Waals surface area (Å²) >= 11 is 1.29. The van der Waals surface area contributed by atoms with Gasteiger partial charge in [-0.05, 0) is 11.4 Å². The fourth-order valence-electron chi connectivity index (χ4n) is 2.63. The van der Waals surface area contributed by atoms with Crippen LogP contribution in [0.2, 0.25) is 0 Å². The number of hydrogen-bond acceptors (Lipinski definition) is 5. The average Bonchev–Trinajstić information content (AvgIpc) is 3.25. The fraction of sp³-hybridized carbons (Fsp3) is 0. The maximum atomic E-state index is 12.6. The lowest BCUT2D eigenvalue weighted by Crippen LogP contribution is -2.13. The number of nitriles is 1. The normalized spacial score (nSPS) is 11.9. The number of thiophene rings is 1. The Morgan fingerprint density at radius 3 is 2.64 bits per heavy atom. The Bertz CT molecular complexity index is 977. The molecule has 6 heteroatoms. The smallest absolute Gasteiger partial charge is 0.288 e. The van der Waals surface area contributed by atoms with Gasteiger partial charge in [0.05, 0.1) is 16.1 Å². The minimum atomic E-state index is -0.336. The van der Waals surface area contributed by atoms with E-state index in [4.69, 9.17) is 0 Å². The highest BCUT2D eigenvalue weighted by atomic mass is 32.1. The topological polar surface area (TPSA) is 75.8 Å². The molecule has 0 bridgehead atoms. The first-order chi connectivity index (χ1) is 10.7. The molecule has 1 aliphatic rings. The predicted molar refractivity (Wildman–Crippen MR) is 79.9 cm³/mol. The van der Waals surface area contributed by atoms with Crippen molar-refractivity contribution in [1.29, 1.82) is 5.26 Å². The van der Waals surface area contributed by atoms with Crippen molar-refractivity contribution < 1.29 is 9.59 Å². The molecule has 3 aromatic rings. The molecule has 1 aliphatic carbocycles. The van der Waals surface area contributed by atoms with Crippen molar-refractivity contribution in [2.24, 2.45) is 0 Å². The third-order valence-corrected chi connectivity index (χ3v) is 4.43. The lowest BCUT2D eigenvalue weighted by atomic mass is 10.1. The molecule has 1 aromatic carbocycles. The highest BCUT2D eigenvalue weighted by Crippen LogP contribution is 2.38. The maximum Gasteiger partial charge on any atom is 0.288 e. The summed E-state index contributed by atoms with van der Waals surface area (Å²) in [5, 5.41) is 15.1. The summed E-state index contributed by atoms with van der Waals surface area (Å²) in [5.74, 6) is -0.593. The van der Waals surface area contributed by atoms with Gasteiger partial charge in [0.1, 0.15) is 6.07 Å².